The number of benzene rings is 1. The van der Waals surface area contributed by atoms with Crippen LogP contribution in [0.4, 0.5) is 10.5 Å². The zero-order valence-corrected chi connectivity index (χ0v) is 12.6. The van der Waals surface area contributed by atoms with Gasteiger partial charge in [0, 0.05) is 12.1 Å². The molecule has 0 heterocycles. The molecule has 6 nitrogen and oxygen atoms in total. The molecule has 1 aromatic rings. The number of ether oxygens (including phenoxy) is 1. The Hall–Kier alpha value is -2.11. The zero-order valence-electron chi connectivity index (χ0n) is 12.6. The fourth-order valence-electron chi connectivity index (χ4n) is 2.76. The number of nitro groups is 1. The molecule has 2 rings (SSSR count). The number of hydrogen-bond acceptors (Lipinski definition) is 4. The van der Waals surface area contributed by atoms with E-state index in [1.165, 1.54) is 25.3 Å². The molecule has 0 saturated heterocycles. The highest BCUT2D eigenvalue weighted by Gasteiger charge is 2.17. The molecule has 1 aliphatic rings. The van der Waals surface area contributed by atoms with E-state index in [1.54, 1.807) is 18.2 Å². The molecule has 1 aliphatic carbocycles. The molecule has 0 radical (unpaired) electrons. The molecule has 0 aromatic heterocycles. The van der Waals surface area contributed by atoms with Crippen molar-refractivity contribution in [1.82, 2.24) is 5.32 Å². The number of nitrogens with one attached hydrogen (secondary N) is 1. The number of alkyl carbamates (subject to hydrolysis) is 1. The van der Waals surface area contributed by atoms with Gasteiger partial charge >= 0.3 is 6.09 Å². The molecule has 1 aromatic carbocycles. The zero-order chi connectivity index (χ0) is 15.8. The maximum atomic E-state index is 11.9. The number of amides is 1. The molecule has 120 valence electrons. The van der Waals surface area contributed by atoms with Crippen LogP contribution in [-0.2, 0) is 11.3 Å². The molecule has 1 N–H and O–H groups in total. The van der Waals surface area contributed by atoms with Gasteiger partial charge in [-0.2, -0.15) is 0 Å². The molecule has 0 unspecified atom stereocenters. The van der Waals surface area contributed by atoms with Crippen LogP contribution >= 0.6 is 0 Å². The minimum atomic E-state index is -0.497. The third-order valence-corrected chi connectivity index (χ3v) is 3.97. The second kappa shape index (κ2) is 8.36. The van der Waals surface area contributed by atoms with Crippen molar-refractivity contribution in [2.45, 2.75) is 57.6 Å². The van der Waals surface area contributed by atoms with E-state index >= 15 is 0 Å². The summed E-state index contributed by atoms with van der Waals surface area (Å²) in [4.78, 5) is 22.3. The van der Waals surface area contributed by atoms with E-state index in [-0.39, 0.29) is 18.3 Å². The van der Waals surface area contributed by atoms with Crippen LogP contribution in [0.15, 0.2) is 24.3 Å². The summed E-state index contributed by atoms with van der Waals surface area (Å²) in [5, 5.41) is 13.8. The number of hydrogen-bond donors (Lipinski definition) is 1. The molecule has 0 aliphatic heterocycles. The van der Waals surface area contributed by atoms with Crippen molar-refractivity contribution < 1.29 is 14.5 Å². The van der Waals surface area contributed by atoms with Gasteiger partial charge in [0.2, 0.25) is 0 Å². The lowest BCUT2D eigenvalue weighted by molar-refractivity contribution is -0.385. The van der Waals surface area contributed by atoms with E-state index in [9.17, 15) is 14.9 Å². The smallest absolute Gasteiger partial charge is 0.407 e. The summed E-state index contributed by atoms with van der Waals surface area (Å²) in [6.45, 7) is -0.0876. The van der Waals surface area contributed by atoms with Crippen LogP contribution in [0, 0.1) is 10.1 Å². The quantitative estimate of drug-likeness (QED) is 0.675. The van der Waals surface area contributed by atoms with Gasteiger partial charge in [-0.15, -0.1) is 0 Å². The van der Waals surface area contributed by atoms with Crippen LogP contribution < -0.4 is 5.32 Å². The third kappa shape index (κ3) is 5.02. The Kier molecular flexibility index (Phi) is 6.18. The molecule has 0 atom stereocenters. The Morgan fingerprint density at radius 3 is 2.50 bits per heavy atom. The fraction of sp³-hybridized carbons (Fsp3) is 0.562. The molecule has 0 bridgehead atoms. The number of nitrogens with zero attached hydrogens (tertiary/aromatic N) is 1. The van der Waals surface area contributed by atoms with Crippen molar-refractivity contribution >= 4 is 11.8 Å². The van der Waals surface area contributed by atoms with Crippen molar-refractivity contribution in [3.63, 3.8) is 0 Å². The monoisotopic (exact) mass is 306 g/mol. The van der Waals surface area contributed by atoms with Gasteiger partial charge in [-0.05, 0) is 18.9 Å². The van der Waals surface area contributed by atoms with Gasteiger partial charge < -0.3 is 10.1 Å². The lowest BCUT2D eigenvalue weighted by Gasteiger charge is -2.20. The average Bonchev–Trinajstić information content (AvgIpc) is 2.48. The second-order valence-electron chi connectivity index (χ2n) is 5.65. The van der Waals surface area contributed by atoms with Crippen molar-refractivity contribution in [2.75, 3.05) is 0 Å². The van der Waals surface area contributed by atoms with Crippen LogP contribution in [0.2, 0.25) is 0 Å². The highest BCUT2D eigenvalue weighted by Crippen LogP contribution is 2.19. The Labute approximate surface area is 130 Å². The SMILES string of the molecule is O=C(NC1CCCCCCC1)OCc1ccccc1[N+](=O)[O-]. The maximum Gasteiger partial charge on any atom is 0.407 e. The standard InChI is InChI=1S/C16H22N2O4/c19-16(17-14-9-4-2-1-3-5-10-14)22-12-13-8-6-7-11-15(13)18(20)21/h6-8,11,14H,1-5,9-10,12H2,(H,17,19). The molecule has 6 heteroatoms. The van der Waals surface area contributed by atoms with E-state index in [0.29, 0.717) is 5.56 Å². The Morgan fingerprint density at radius 2 is 1.82 bits per heavy atom. The van der Waals surface area contributed by atoms with Crippen molar-refractivity contribution in [2.24, 2.45) is 0 Å². The van der Waals surface area contributed by atoms with Crippen LogP contribution in [0.3, 0.4) is 0 Å². The van der Waals surface area contributed by atoms with Crippen LogP contribution in [0.25, 0.3) is 0 Å². The van der Waals surface area contributed by atoms with E-state index in [4.69, 9.17) is 4.74 Å². The van der Waals surface area contributed by atoms with Gasteiger partial charge in [0.1, 0.15) is 6.61 Å². The minimum absolute atomic E-state index is 0.0266. The fourth-order valence-corrected chi connectivity index (χ4v) is 2.76. The molecular weight excluding hydrogens is 284 g/mol. The van der Waals surface area contributed by atoms with Crippen LogP contribution in [-0.4, -0.2) is 17.1 Å². The predicted octanol–water partition coefficient (Wildman–Crippen LogP) is 3.93. The predicted molar refractivity (Wildman–Crippen MR) is 82.5 cm³/mol. The molecule has 0 spiro atoms. The number of para-hydroxylation sites is 1. The molecular formula is C16H22N2O4. The van der Waals surface area contributed by atoms with Crippen molar-refractivity contribution in [3.05, 3.63) is 39.9 Å². The highest BCUT2D eigenvalue weighted by atomic mass is 16.6. The number of nitro benzene ring substituents is 1. The topological polar surface area (TPSA) is 81.5 Å². The second-order valence-corrected chi connectivity index (χ2v) is 5.65. The van der Waals surface area contributed by atoms with E-state index < -0.39 is 11.0 Å². The molecule has 1 saturated carbocycles. The summed E-state index contributed by atoms with van der Waals surface area (Å²) >= 11 is 0. The third-order valence-electron chi connectivity index (χ3n) is 3.97. The van der Waals surface area contributed by atoms with E-state index in [2.05, 4.69) is 5.32 Å². The number of rotatable bonds is 4. The van der Waals surface area contributed by atoms with Gasteiger partial charge in [-0.25, -0.2) is 4.79 Å². The summed E-state index contributed by atoms with van der Waals surface area (Å²) in [5.74, 6) is 0. The molecule has 22 heavy (non-hydrogen) atoms. The first-order valence-electron chi connectivity index (χ1n) is 7.82. The maximum absolute atomic E-state index is 11.9. The van der Waals surface area contributed by atoms with Gasteiger partial charge in [-0.1, -0.05) is 44.2 Å². The first-order valence-corrected chi connectivity index (χ1v) is 7.82. The number of carbonyl (C=O) groups excluding carboxylic acids is 1. The van der Waals surface area contributed by atoms with Crippen LogP contribution in [0.5, 0.6) is 0 Å². The van der Waals surface area contributed by atoms with Crippen molar-refractivity contribution in [3.8, 4) is 0 Å². The Morgan fingerprint density at radius 1 is 1.18 bits per heavy atom. The normalized spacial score (nSPS) is 16.4. The Bertz CT molecular complexity index is 511. The summed E-state index contributed by atoms with van der Waals surface area (Å²) in [6.07, 6.45) is 7.39. The lowest BCUT2D eigenvalue weighted by atomic mass is 9.97. The van der Waals surface area contributed by atoms with E-state index in [0.717, 1.165) is 25.7 Å². The summed E-state index contributed by atoms with van der Waals surface area (Å²) < 4.78 is 5.14. The largest absolute Gasteiger partial charge is 0.444 e. The molecule has 1 amide bonds. The van der Waals surface area contributed by atoms with Crippen molar-refractivity contribution in [1.29, 1.82) is 0 Å². The van der Waals surface area contributed by atoms with Gasteiger partial charge in [0.05, 0.1) is 10.5 Å². The summed E-state index contributed by atoms with van der Waals surface area (Å²) in [5.41, 5.74) is 0.376. The summed E-state index contributed by atoms with van der Waals surface area (Å²) in [6, 6.07) is 6.44. The minimum Gasteiger partial charge on any atom is -0.444 e. The van der Waals surface area contributed by atoms with Gasteiger partial charge in [0.25, 0.3) is 5.69 Å². The van der Waals surface area contributed by atoms with E-state index in [1.807, 2.05) is 0 Å². The van der Waals surface area contributed by atoms with Gasteiger partial charge in [-0.3, -0.25) is 10.1 Å². The number of carbonyl (C=O) groups is 1. The summed E-state index contributed by atoms with van der Waals surface area (Å²) in [7, 11) is 0. The average molecular weight is 306 g/mol. The molecule has 1 fully saturated rings. The lowest BCUT2D eigenvalue weighted by Crippen LogP contribution is -2.35. The van der Waals surface area contributed by atoms with Crippen LogP contribution in [0.1, 0.15) is 50.5 Å². The Balaban J connectivity index is 1.83. The van der Waals surface area contributed by atoms with Gasteiger partial charge in [0.15, 0.2) is 0 Å². The first kappa shape index (κ1) is 16.3. The first-order chi connectivity index (χ1) is 10.7. The highest BCUT2D eigenvalue weighted by molar-refractivity contribution is 5.67.